The molecule has 0 heteroatoms. The van der Waals surface area contributed by atoms with E-state index in [2.05, 4.69) is 13.8 Å². The molecule has 0 heterocycles. The zero-order valence-electron chi connectivity index (χ0n) is 11.1. The molecule has 0 aromatic heterocycles. The molecule has 3 rings (SSSR count). The fourth-order valence-corrected chi connectivity index (χ4v) is 5.53. The molecule has 6 atom stereocenters. The first kappa shape index (κ1) is 11.1. The van der Waals surface area contributed by atoms with E-state index in [1.165, 1.54) is 25.7 Å². The van der Waals surface area contributed by atoms with Gasteiger partial charge < -0.3 is 0 Å². The van der Waals surface area contributed by atoms with Gasteiger partial charge in [0.1, 0.15) is 0 Å². The maximum absolute atomic E-state index is 2.57. The Balaban J connectivity index is 1.84. The van der Waals surface area contributed by atoms with Crippen LogP contribution in [-0.4, -0.2) is 0 Å². The second kappa shape index (κ2) is 4.35. The largest absolute Gasteiger partial charge is 0.0620 e. The van der Waals surface area contributed by atoms with Gasteiger partial charge in [-0.25, -0.2) is 0 Å². The van der Waals surface area contributed by atoms with Crippen LogP contribution in [0.5, 0.6) is 0 Å². The van der Waals surface area contributed by atoms with E-state index < -0.39 is 0 Å². The standard InChI is InChI=1S/C16H28/c1-11-12(2)14-8-4-6-10-16(14)15-9-5-3-7-13(11)15/h11-16H,3-10H2,1-2H3. The Bertz CT molecular complexity index is 218. The van der Waals surface area contributed by atoms with Crippen LogP contribution in [0, 0.1) is 35.5 Å². The number of hydrogen-bond donors (Lipinski definition) is 0. The Morgan fingerprint density at radius 3 is 1.19 bits per heavy atom. The second-order valence-electron chi connectivity index (χ2n) is 6.94. The summed E-state index contributed by atoms with van der Waals surface area (Å²) in [7, 11) is 0. The molecule has 0 amide bonds. The summed E-state index contributed by atoms with van der Waals surface area (Å²) in [5.41, 5.74) is 0. The van der Waals surface area contributed by atoms with Crippen molar-refractivity contribution in [2.45, 2.75) is 65.2 Å². The SMILES string of the molecule is CC1C(C)C2CCCCC2C2CCCCC12. The topological polar surface area (TPSA) is 0 Å². The van der Waals surface area contributed by atoms with Gasteiger partial charge in [0.25, 0.3) is 0 Å². The Morgan fingerprint density at radius 1 is 0.500 bits per heavy atom. The molecule has 16 heavy (non-hydrogen) atoms. The summed E-state index contributed by atoms with van der Waals surface area (Å²) in [4.78, 5) is 0. The van der Waals surface area contributed by atoms with E-state index in [1.54, 1.807) is 25.7 Å². The zero-order valence-corrected chi connectivity index (χ0v) is 11.1. The van der Waals surface area contributed by atoms with Gasteiger partial charge in [-0.15, -0.1) is 0 Å². The monoisotopic (exact) mass is 220 g/mol. The summed E-state index contributed by atoms with van der Waals surface area (Å²) >= 11 is 0. The number of rotatable bonds is 0. The van der Waals surface area contributed by atoms with Crippen LogP contribution in [0.4, 0.5) is 0 Å². The molecule has 3 aliphatic rings. The molecular formula is C16H28. The molecule has 0 N–H and O–H groups in total. The lowest BCUT2D eigenvalue weighted by atomic mass is 9.51. The van der Waals surface area contributed by atoms with E-state index >= 15 is 0 Å². The molecule has 3 saturated carbocycles. The Labute approximate surface area is 101 Å². The van der Waals surface area contributed by atoms with Gasteiger partial charge in [-0.3, -0.25) is 0 Å². The molecule has 3 fully saturated rings. The molecule has 0 aliphatic heterocycles. The minimum atomic E-state index is 1.02. The van der Waals surface area contributed by atoms with Crippen LogP contribution in [0.3, 0.4) is 0 Å². The van der Waals surface area contributed by atoms with Crippen molar-refractivity contribution in [2.75, 3.05) is 0 Å². The highest BCUT2D eigenvalue weighted by Crippen LogP contribution is 2.55. The van der Waals surface area contributed by atoms with Crippen LogP contribution in [0.2, 0.25) is 0 Å². The highest BCUT2D eigenvalue weighted by molar-refractivity contribution is 4.96. The van der Waals surface area contributed by atoms with E-state index in [4.69, 9.17) is 0 Å². The highest BCUT2D eigenvalue weighted by Gasteiger charge is 2.47. The molecule has 3 aliphatic carbocycles. The first-order valence-corrected chi connectivity index (χ1v) is 7.79. The van der Waals surface area contributed by atoms with Gasteiger partial charge in [0.05, 0.1) is 0 Å². The average molecular weight is 220 g/mol. The average Bonchev–Trinajstić information content (AvgIpc) is 2.36. The van der Waals surface area contributed by atoms with Crippen LogP contribution in [0.1, 0.15) is 65.2 Å². The maximum Gasteiger partial charge on any atom is -0.0352 e. The molecular weight excluding hydrogens is 192 g/mol. The fourth-order valence-electron chi connectivity index (χ4n) is 5.53. The zero-order chi connectivity index (χ0) is 11.1. The lowest BCUT2D eigenvalue weighted by Gasteiger charge is -2.54. The van der Waals surface area contributed by atoms with E-state index in [0.29, 0.717) is 0 Å². The summed E-state index contributed by atoms with van der Waals surface area (Å²) in [6, 6.07) is 0. The molecule has 92 valence electrons. The summed E-state index contributed by atoms with van der Waals surface area (Å²) in [6.07, 6.45) is 12.4. The van der Waals surface area contributed by atoms with E-state index in [1.807, 2.05) is 0 Å². The van der Waals surface area contributed by atoms with Gasteiger partial charge in [-0.05, 0) is 61.2 Å². The third kappa shape index (κ3) is 1.64. The Hall–Kier alpha value is 0. The molecule has 0 saturated heterocycles. The smallest absolute Gasteiger partial charge is 0.0352 e. The Kier molecular flexibility index (Phi) is 3.02. The van der Waals surface area contributed by atoms with Crippen molar-refractivity contribution in [3.05, 3.63) is 0 Å². The second-order valence-corrected chi connectivity index (χ2v) is 6.94. The van der Waals surface area contributed by atoms with Crippen molar-refractivity contribution in [1.82, 2.24) is 0 Å². The van der Waals surface area contributed by atoms with Gasteiger partial charge >= 0.3 is 0 Å². The van der Waals surface area contributed by atoms with Gasteiger partial charge in [-0.1, -0.05) is 39.5 Å². The molecule has 0 spiro atoms. The van der Waals surface area contributed by atoms with E-state index in [0.717, 1.165) is 35.5 Å². The molecule has 0 bridgehead atoms. The van der Waals surface area contributed by atoms with Crippen molar-refractivity contribution in [3.63, 3.8) is 0 Å². The van der Waals surface area contributed by atoms with Crippen molar-refractivity contribution in [1.29, 1.82) is 0 Å². The van der Waals surface area contributed by atoms with Crippen LogP contribution >= 0.6 is 0 Å². The van der Waals surface area contributed by atoms with Gasteiger partial charge in [0.15, 0.2) is 0 Å². The van der Waals surface area contributed by atoms with Crippen molar-refractivity contribution in [3.8, 4) is 0 Å². The predicted molar refractivity (Wildman–Crippen MR) is 69.2 cm³/mol. The van der Waals surface area contributed by atoms with Crippen LogP contribution in [0.15, 0.2) is 0 Å². The third-order valence-electron chi connectivity index (χ3n) is 6.48. The fraction of sp³-hybridized carbons (Fsp3) is 1.00. The number of hydrogen-bond acceptors (Lipinski definition) is 0. The lowest BCUT2D eigenvalue weighted by Crippen LogP contribution is -2.46. The van der Waals surface area contributed by atoms with Crippen LogP contribution in [0.25, 0.3) is 0 Å². The highest BCUT2D eigenvalue weighted by atomic mass is 14.5. The molecule has 0 aromatic rings. The van der Waals surface area contributed by atoms with Crippen molar-refractivity contribution in [2.24, 2.45) is 35.5 Å². The molecule has 0 radical (unpaired) electrons. The first-order valence-electron chi connectivity index (χ1n) is 7.79. The normalized spacial score (nSPS) is 52.9. The maximum atomic E-state index is 2.57. The summed E-state index contributed by atoms with van der Waals surface area (Å²) < 4.78 is 0. The summed E-state index contributed by atoms with van der Waals surface area (Å²) in [5.74, 6) is 6.50. The molecule has 6 unspecified atom stereocenters. The van der Waals surface area contributed by atoms with Gasteiger partial charge in [-0.2, -0.15) is 0 Å². The number of fused-ring (bicyclic) bond motifs is 3. The van der Waals surface area contributed by atoms with Crippen molar-refractivity contribution >= 4 is 0 Å². The van der Waals surface area contributed by atoms with Crippen LogP contribution in [-0.2, 0) is 0 Å². The van der Waals surface area contributed by atoms with E-state index in [-0.39, 0.29) is 0 Å². The van der Waals surface area contributed by atoms with Crippen LogP contribution < -0.4 is 0 Å². The van der Waals surface area contributed by atoms with Gasteiger partial charge in [0.2, 0.25) is 0 Å². The summed E-state index contributed by atoms with van der Waals surface area (Å²) in [6.45, 7) is 5.14. The van der Waals surface area contributed by atoms with E-state index in [9.17, 15) is 0 Å². The minimum Gasteiger partial charge on any atom is -0.0620 e. The molecule has 0 aromatic carbocycles. The molecule has 0 nitrogen and oxygen atoms in total. The third-order valence-corrected chi connectivity index (χ3v) is 6.48. The lowest BCUT2D eigenvalue weighted by molar-refractivity contribution is -0.0484. The summed E-state index contributed by atoms with van der Waals surface area (Å²) in [5, 5.41) is 0. The Morgan fingerprint density at radius 2 is 0.812 bits per heavy atom. The van der Waals surface area contributed by atoms with Gasteiger partial charge in [0, 0.05) is 0 Å². The minimum absolute atomic E-state index is 1.02. The predicted octanol–water partition coefficient (Wildman–Crippen LogP) is 4.89. The quantitative estimate of drug-likeness (QED) is 0.545. The first-order chi connectivity index (χ1) is 7.79. The van der Waals surface area contributed by atoms with Crippen molar-refractivity contribution < 1.29 is 0 Å².